The fourth-order valence-corrected chi connectivity index (χ4v) is 2.02. The van der Waals surface area contributed by atoms with Gasteiger partial charge < -0.3 is 5.32 Å². The van der Waals surface area contributed by atoms with Crippen molar-refractivity contribution in [2.75, 3.05) is 6.54 Å². The normalized spacial score (nSPS) is 19.2. The van der Waals surface area contributed by atoms with Crippen LogP contribution in [0.25, 0.3) is 0 Å². The van der Waals surface area contributed by atoms with Gasteiger partial charge in [0.1, 0.15) is 0 Å². The van der Waals surface area contributed by atoms with Crippen LogP contribution < -0.4 is 16.2 Å². The number of carbonyl (C=O) groups excluding carboxylic acids is 1. The zero-order valence-electron chi connectivity index (χ0n) is 9.50. The van der Waals surface area contributed by atoms with Crippen molar-refractivity contribution in [3.05, 3.63) is 34.9 Å². The third-order valence-electron chi connectivity index (χ3n) is 2.70. The average molecular weight is 254 g/mol. The first-order chi connectivity index (χ1) is 8.24. The van der Waals surface area contributed by atoms with Crippen molar-refractivity contribution >= 4 is 17.5 Å². The minimum Gasteiger partial charge on any atom is -0.340 e. The molecule has 92 valence electrons. The Kier molecular flexibility index (Phi) is 4.36. The van der Waals surface area contributed by atoms with Crippen molar-refractivity contribution in [3.63, 3.8) is 0 Å². The minimum absolute atomic E-state index is 0.0573. The van der Waals surface area contributed by atoms with Crippen molar-refractivity contribution in [2.45, 2.75) is 25.4 Å². The molecule has 1 aromatic carbocycles. The second kappa shape index (κ2) is 6.00. The van der Waals surface area contributed by atoms with Gasteiger partial charge >= 0.3 is 0 Å². The zero-order valence-corrected chi connectivity index (χ0v) is 10.3. The highest BCUT2D eigenvalue weighted by Gasteiger charge is 2.15. The van der Waals surface area contributed by atoms with Gasteiger partial charge in [-0.05, 0) is 30.5 Å². The van der Waals surface area contributed by atoms with Gasteiger partial charge in [0.25, 0.3) is 0 Å². The molecule has 3 N–H and O–H groups in total. The predicted molar refractivity (Wildman–Crippen MR) is 67.5 cm³/mol. The van der Waals surface area contributed by atoms with Crippen molar-refractivity contribution in [3.8, 4) is 0 Å². The van der Waals surface area contributed by atoms with E-state index in [-0.39, 0.29) is 12.1 Å². The van der Waals surface area contributed by atoms with Crippen LogP contribution in [0.5, 0.6) is 0 Å². The molecule has 0 saturated carbocycles. The number of nitrogens with one attached hydrogen (secondary N) is 3. The lowest BCUT2D eigenvalue weighted by Gasteiger charge is -2.11. The second-order valence-electron chi connectivity index (χ2n) is 4.11. The van der Waals surface area contributed by atoms with Gasteiger partial charge in [-0.1, -0.05) is 23.7 Å². The molecule has 0 aromatic heterocycles. The second-order valence-corrected chi connectivity index (χ2v) is 4.55. The van der Waals surface area contributed by atoms with Crippen LogP contribution in [0.4, 0.5) is 0 Å². The lowest BCUT2D eigenvalue weighted by Crippen LogP contribution is -2.44. The number of hydrogen-bond acceptors (Lipinski definition) is 3. The van der Waals surface area contributed by atoms with E-state index < -0.39 is 0 Å². The topological polar surface area (TPSA) is 53.2 Å². The van der Waals surface area contributed by atoms with Crippen molar-refractivity contribution in [1.82, 2.24) is 16.2 Å². The first-order valence-corrected chi connectivity index (χ1v) is 6.14. The summed E-state index contributed by atoms with van der Waals surface area (Å²) >= 11 is 5.88. The van der Waals surface area contributed by atoms with Crippen LogP contribution in [-0.2, 0) is 11.2 Å². The summed E-state index contributed by atoms with van der Waals surface area (Å²) < 4.78 is 0. The Hall–Kier alpha value is -1.10. The van der Waals surface area contributed by atoms with Gasteiger partial charge in [0.05, 0.1) is 6.17 Å². The summed E-state index contributed by atoms with van der Waals surface area (Å²) in [5, 5.41) is 3.63. The van der Waals surface area contributed by atoms with Crippen LogP contribution in [0.15, 0.2) is 24.3 Å². The smallest absolute Gasteiger partial charge is 0.221 e. The number of hydrazine groups is 1. The minimum atomic E-state index is 0.0573. The monoisotopic (exact) mass is 253 g/mol. The van der Waals surface area contributed by atoms with Crippen molar-refractivity contribution in [1.29, 1.82) is 0 Å². The number of rotatable bonds is 4. The van der Waals surface area contributed by atoms with Gasteiger partial charge in [-0.15, -0.1) is 0 Å². The third kappa shape index (κ3) is 4.00. The maximum atomic E-state index is 11.6. The number of halogens is 1. The Balaban J connectivity index is 1.75. The van der Waals surface area contributed by atoms with Gasteiger partial charge in [0, 0.05) is 18.0 Å². The molecule has 1 saturated heterocycles. The van der Waals surface area contributed by atoms with E-state index >= 15 is 0 Å². The maximum absolute atomic E-state index is 11.6. The summed E-state index contributed by atoms with van der Waals surface area (Å²) in [4.78, 5) is 11.6. The zero-order chi connectivity index (χ0) is 12.1. The van der Waals surface area contributed by atoms with Gasteiger partial charge in [0.15, 0.2) is 0 Å². The van der Waals surface area contributed by atoms with E-state index in [0.717, 1.165) is 18.5 Å². The number of aryl methyl sites for hydroxylation is 1. The van der Waals surface area contributed by atoms with Crippen LogP contribution in [0.3, 0.4) is 0 Å². The molecule has 1 aliphatic heterocycles. The Morgan fingerprint density at radius 1 is 1.53 bits per heavy atom. The number of hydrogen-bond donors (Lipinski definition) is 3. The van der Waals surface area contributed by atoms with E-state index in [4.69, 9.17) is 11.6 Å². The fraction of sp³-hybridized carbons (Fsp3) is 0.417. The number of carbonyl (C=O) groups is 1. The number of benzene rings is 1. The molecule has 1 heterocycles. The Labute approximate surface area is 106 Å². The Morgan fingerprint density at radius 2 is 2.41 bits per heavy atom. The molecule has 0 radical (unpaired) electrons. The fourth-order valence-electron chi connectivity index (χ4n) is 1.81. The molecule has 1 aromatic rings. The quantitative estimate of drug-likeness (QED) is 0.756. The highest BCUT2D eigenvalue weighted by atomic mass is 35.5. The highest BCUT2D eigenvalue weighted by Crippen LogP contribution is 2.12. The van der Waals surface area contributed by atoms with Gasteiger partial charge in [-0.25, -0.2) is 5.43 Å². The summed E-state index contributed by atoms with van der Waals surface area (Å²) in [6.07, 6.45) is 2.18. The van der Waals surface area contributed by atoms with Crippen molar-refractivity contribution in [2.24, 2.45) is 0 Å². The van der Waals surface area contributed by atoms with Gasteiger partial charge in [-0.2, -0.15) is 0 Å². The van der Waals surface area contributed by atoms with E-state index in [2.05, 4.69) is 16.2 Å². The Morgan fingerprint density at radius 3 is 3.12 bits per heavy atom. The van der Waals surface area contributed by atoms with Crippen molar-refractivity contribution < 1.29 is 4.79 Å². The molecule has 1 amide bonds. The highest BCUT2D eigenvalue weighted by molar-refractivity contribution is 6.30. The predicted octanol–water partition coefficient (Wildman–Crippen LogP) is 1.21. The van der Waals surface area contributed by atoms with Crippen LogP contribution in [-0.4, -0.2) is 18.6 Å². The first kappa shape index (κ1) is 12.4. The van der Waals surface area contributed by atoms with Gasteiger partial charge in [0.2, 0.25) is 5.91 Å². The molecular formula is C12H16ClN3O. The van der Waals surface area contributed by atoms with Gasteiger partial charge in [-0.3, -0.25) is 10.2 Å². The molecule has 0 spiro atoms. The van der Waals surface area contributed by atoms with Crippen LogP contribution in [0.2, 0.25) is 5.02 Å². The Bertz CT molecular complexity index is 391. The molecule has 0 aliphatic carbocycles. The molecule has 5 heteroatoms. The van der Waals surface area contributed by atoms with Crippen LogP contribution in [0.1, 0.15) is 18.4 Å². The van der Waals surface area contributed by atoms with E-state index in [0.29, 0.717) is 17.9 Å². The molecule has 1 fully saturated rings. The van der Waals surface area contributed by atoms with E-state index in [1.807, 2.05) is 24.3 Å². The first-order valence-electron chi connectivity index (χ1n) is 5.76. The SMILES string of the molecule is O=C(CCc1cccc(Cl)c1)NC1CCNN1. The van der Waals surface area contributed by atoms with E-state index in [9.17, 15) is 4.79 Å². The molecule has 1 unspecified atom stereocenters. The molecule has 1 aliphatic rings. The summed E-state index contributed by atoms with van der Waals surface area (Å²) in [7, 11) is 0. The van der Waals surface area contributed by atoms with E-state index in [1.54, 1.807) is 0 Å². The largest absolute Gasteiger partial charge is 0.340 e. The molecule has 1 atom stereocenters. The lowest BCUT2D eigenvalue weighted by atomic mass is 10.1. The molecule has 4 nitrogen and oxygen atoms in total. The molecular weight excluding hydrogens is 238 g/mol. The molecule has 0 bridgehead atoms. The van der Waals surface area contributed by atoms with Crippen LogP contribution >= 0.6 is 11.6 Å². The standard InChI is InChI=1S/C12H16ClN3O/c13-10-3-1-2-9(8-10)4-5-12(17)15-11-6-7-14-16-11/h1-3,8,11,14,16H,4-7H2,(H,15,17). The molecule has 2 rings (SSSR count). The summed E-state index contributed by atoms with van der Waals surface area (Å²) in [6.45, 7) is 0.888. The average Bonchev–Trinajstić information content (AvgIpc) is 2.79. The molecule has 17 heavy (non-hydrogen) atoms. The summed E-state index contributed by atoms with van der Waals surface area (Å²) in [6, 6.07) is 7.61. The third-order valence-corrected chi connectivity index (χ3v) is 2.93. The maximum Gasteiger partial charge on any atom is 0.221 e. The number of amides is 1. The summed E-state index contributed by atoms with van der Waals surface area (Å²) in [5.41, 5.74) is 7.06. The lowest BCUT2D eigenvalue weighted by molar-refractivity contribution is -0.121. The van der Waals surface area contributed by atoms with Crippen LogP contribution in [0, 0.1) is 0 Å². The summed E-state index contributed by atoms with van der Waals surface area (Å²) in [5.74, 6) is 0.0613. The van der Waals surface area contributed by atoms with E-state index in [1.165, 1.54) is 0 Å².